The zero-order valence-electron chi connectivity index (χ0n) is 14.1. The molecule has 27 heavy (non-hydrogen) atoms. The summed E-state index contributed by atoms with van der Waals surface area (Å²) >= 11 is 0. The van der Waals surface area contributed by atoms with Crippen LogP contribution < -0.4 is 15.0 Å². The number of nitrogens with one attached hydrogen (secondary N) is 1. The second kappa shape index (κ2) is 7.63. The Morgan fingerprint density at radius 3 is 2.78 bits per heavy atom. The summed E-state index contributed by atoms with van der Waals surface area (Å²) in [6.07, 6.45) is 2.73. The summed E-state index contributed by atoms with van der Waals surface area (Å²) in [6.45, 7) is -0.187. The van der Waals surface area contributed by atoms with Crippen molar-refractivity contribution in [3.63, 3.8) is 0 Å². The van der Waals surface area contributed by atoms with E-state index in [1.54, 1.807) is 0 Å². The number of aromatic nitrogens is 5. The molecular formula is C15H15FN6O4S. The smallest absolute Gasteiger partial charge is 0.266 e. The number of methoxy groups -OCH3 is 1. The molecule has 0 spiro atoms. The van der Waals surface area contributed by atoms with Crippen LogP contribution in [-0.2, 0) is 16.6 Å². The van der Waals surface area contributed by atoms with Crippen molar-refractivity contribution in [3.8, 4) is 11.6 Å². The molecule has 0 saturated heterocycles. The summed E-state index contributed by atoms with van der Waals surface area (Å²) in [5, 5.41) is 8.01. The van der Waals surface area contributed by atoms with E-state index < -0.39 is 21.4 Å². The highest BCUT2D eigenvalue weighted by molar-refractivity contribution is 7.89. The lowest BCUT2D eigenvalue weighted by molar-refractivity contribution is 0.400. The molecule has 0 aliphatic rings. The van der Waals surface area contributed by atoms with Crippen molar-refractivity contribution in [3.05, 3.63) is 59.2 Å². The van der Waals surface area contributed by atoms with Crippen molar-refractivity contribution < 1.29 is 17.5 Å². The molecule has 0 atom stereocenters. The van der Waals surface area contributed by atoms with E-state index in [2.05, 4.69) is 19.9 Å². The fourth-order valence-electron chi connectivity index (χ4n) is 2.27. The molecule has 10 nitrogen and oxygen atoms in total. The zero-order chi connectivity index (χ0) is 19.4. The van der Waals surface area contributed by atoms with Crippen LogP contribution in [0.4, 0.5) is 4.39 Å². The van der Waals surface area contributed by atoms with Gasteiger partial charge in [0.05, 0.1) is 13.7 Å². The van der Waals surface area contributed by atoms with Gasteiger partial charge in [0, 0.05) is 12.6 Å². The maximum atomic E-state index is 13.4. The summed E-state index contributed by atoms with van der Waals surface area (Å²) in [6, 6.07) is 5.93. The van der Waals surface area contributed by atoms with Crippen molar-refractivity contribution in [1.82, 2.24) is 29.3 Å². The Morgan fingerprint density at radius 2 is 2.07 bits per heavy atom. The molecule has 3 rings (SSSR count). The number of hydrogen-bond donors (Lipinski definition) is 1. The first kappa shape index (κ1) is 18.7. The lowest BCUT2D eigenvalue weighted by Gasteiger charge is -2.11. The van der Waals surface area contributed by atoms with Gasteiger partial charge in [0.2, 0.25) is 10.0 Å². The second-order valence-corrected chi connectivity index (χ2v) is 7.02. The Bertz CT molecular complexity index is 1100. The number of nitrogens with zero attached hydrogens (tertiary/aromatic N) is 5. The topological polar surface area (TPSA) is 121 Å². The monoisotopic (exact) mass is 394 g/mol. The average molecular weight is 394 g/mol. The number of sulfonamides is 1. The maximum Gasteiger partial charge on any atom is 0.266 e. The molecule has 2 heterocycles. The summed E-state index contributed by atoms with van der Waals surface area (Å²) in [5.41, 5.74) is -0.415. The fourth-order valence-corrected chi connectivity index (χ4v) is 3.47. The van der Waals surface area contributed by atoms with E-state index in [1.807, 2.05) is 0 Å². The lowest BCUT2D eigenvalue weighted by atomic mass is 10.3. The third kappa shape index (κ3) is 4.17. The van der Waals surface area contributed by atoms with Gasteiger partial charge in [0.1, 0.15) is 29.1 Å². The van der Waals surface area contributed by atoms with Crippen molar-refractivity contribution in [2.45, 2.75) is 11.4 Å². The van der Waals surface area contributed by atoms with Crippen LogP contribution in [0.15, 0.2) is 52.7 Å². The van der Waals surface area contributed by atoms with Gasteiger partial charge in [-0.1, -0.05) is 0 Å². The molecular weight excluding hydrogens is 379 g/mol. The summed E-state index contributed by atoms with van der Waals surface area (Å²) in [4.78, 5) is 15.4. The Morgan fingerprint density at radius 1 is 1.26 bits per heavy atom. The SMILES string of the molecule is COc1ccc(F)cc1S(=O)(=O)NCCn1nc(-n2cncn2)ccc1=O. The normalized spacial score (nSPS) is 11.5. The van der Waals surface area contributed by atoms with Gasteiger partial charge in [0.25, 0.3) is 5.56 Å². The molecule has 0 radical (unpaired) electrons. The molecule has 0 amide bonds. The Hall–Kier alpha value is -3.12. The van der Waals surface area contributed by atoms with Gasteiger partial charge in [-0.25, -0.2) is 31.9 Å². The van der Waals surface area contributed by atoms with Crippen molar-refractivity contribution in [1.29, 1.82) is 0 Å². The summed E-state index contributed by atoms with van der Waals surface area (Å²) in [5.74, 6) is -0.358. The molecule has 0 fully saturated rings. The third-order valence-corrected chi connectivity index (χ3v) is 5.02. The maximum absolute atomic E-state index is 13.4. The minimum atomic E-state index is -4.05. The minimum Gasteiger partial charge on any atom is -0.495 e. The van der Waals surface area contributed by atoms with Gasteiger partial charge in [0.15, 0.2) is 5.82 Å². The molecule has 0 saturated carbocycles. The van der Waals surface area contributed by atoms with Crippen LogP contribution >= 0.6 is 0 Å². The van der Waals surface area contributed by atoms with Gasteiger partial charge in [-0.05, 0) is 24.3 Å². The van der Waals surface area contributed by atoms with Crippen LogP contribution in [0.5, 0.6) is 5.75 Å². The van der Waals surface area contributed by atoms with Crippen LogP contribution in [0.3, 0.4) is 0 Å². The van der Waals surface area contributed by atoms with Crippen LogP contribution in [0, 0.1) is 5.82 Å². The van der Waals surface area contributed by atoms with Crippen molar-refractivity contribution in [2.75, 3.05) is 13.7 Å². The van der Waals surface area contributed by atoms with E-state index >= 15 is 0 Å². The Balaban J connectivity index is 1.76. The number of hydrogen-bond acceptors (Lipinski definition) is 7. The predicted octanol–water partition coefficient (Wildman–Crippen LogP) is -0.0498. The van der Waals surface area contributed by atoms with E-state index in [0.717, 1.165) is 16.8 Å². The van der Waals surface area contributed by atoms with Crippen LogP contribution in [0.1, 0.15) is 0 Å². The highest BCUT2D eigenvalue weighted by atomic mass is 32.2. The lowest BCUT2D eigenvalue weighted by Crippen LogP contribution is -2.32. The van der Waals surface area contributed by atoms with Crippen LogP contribution in [0.2, 0.25) is 0 Å². The Labute approximate surface area is 153 Å². The summed E-state index contributed by atoms with van der Waals surface area (Å²) in [7, 11) is -2.76. The quantitative estimate of drug-likeness (QED) is 0.596. The minimum absolute atomic E-state index is 0.00683. The zero-order valence-corrected chi connectivity index (χ0v) is 14.9. The van der Waals surface area contributed by atoms with Crippen LogP contribution in [0.25, 0.3) is 5.82 Å². The number of halogens is 1. The van der Waals surface area contributed by atoms with E-state index in [0.29, 0.717) is 5.82 Å². The van der Waals surface area contributed by atoms with E-state index in [-0.39, 0.29) is 23.7 Å². The first-order chi connectivity index (χ1) is 12.9. The van der Waals surface area contributed by atoms with E-state index in [1.165, 1.54) is 42.6 Å². The molecule has 3 aromatic rings. The van der Waals surface area contributed by atoms with Gasteiger partial charge in [-0.3, -0.25) is 4.79 Å². The molecule has 142 valence electrons. The first-order valence-corrected chi connectivity index (χ1v) is 9.15. The largest absolute Gasteiger partial charge is 0.495 e. The van der Waals surface area contributed by atoms with Crippen molar-refractivity contribution in [2.24, 2.45) is 0 Å². The van der Waals surface area contributed by atoms with Crippen molar-refractivity contribution >= 4 is 10.0 Å². The molecule has 1 aromatic carbocycles. The third-order valence-electron chi connectivity index (χ3n) is 3.54. The highest BCUT2D eigenvalue weighted by Gasteiger charge is 2.20. The standard InChI is InChI=1S/C15H15FN6O4S/c1-26-12-3-2-11(16)8-13(12)27(24,25)19-6-7-21-15(23)5-4-14(20-21)22-10-17-9-18-22/h2-5,8-10,19H,6-7H2,1H3. The highest BCUT2D eigenvalue weighted by Crippen LogP contribution is 2.23. The molecule has 2 aromatic heterocycles. The number of ether oxygens (including phenoxy) is 1. The number of rotatable bonds is 7. The molecule has 0 bridgehead atoms. The van der Waals surface area contributed by atoms with Crippen LogP contribution in [-0.4, -0.2) is 46.6 Å². The molecule has 1 N–H and O–H groups in total. The number of benzene rings is 1. The van der Waals surface area contributed by atoms with Gasteiger partial charge in [-0.15, -0.1) is 5.10 Å². The second-order valence-electron chi connectivity index (χ2n) is 5.29. The van der Waals surface area contributed by atoms with Gasteiger partial charge < -0.3 is 4.74 Å². The Kier molecular flexibility index (Phi) is 5.28. The first-order valence-electron chi connectivity index (χ1n) is 7.67. The predicted molar refractivity (Wildman–Crippen MR) is 91.6 cm³/mol. The molecule has 0 aliphatic carbocycles. The average Bonchev–Trinajstić information content (AvgIpc) is 3.18. The van der Waals surface area contributed by atoms with E-state index in [9.17, 15) is 17.6 Å². The fraction of sp³-hybridized carbons (Fsp3) is 0.200. The van der Waals surface area contributed by atoms with Gasteiger partial charge in [-0.2, -0.15) is 5.10 Å². The molecule has 0 aliphatic heterocycles. The molecule has 0 unspecified atom stereocenters. The summed E-state index contributed by atoms with van der Waals surface area (Å²) < 4.78 is 47.9. The van der Waals surface area contributed by atoms with Gasteiger partial charge >= 0.3 is 0 Å². The molecule has 12 heteroatoms. The van der Waals surface area contributed by atoms with E-state index in [4.69, 9.17) is 4.74 Å².